The van der Waals surface area contributed by atoms with Crippen molar-refractivity contribution in [3.05, 3.63) is 29.6 Å². The van der Waals surface area contributed by atoms with Crippen LogP contribution in [0.1, 0.15) is 30.1 Å². The van der Waals surface area contributed by atoms with Crippen molar-refractivity contribution in [1.29, 1.82) is 0 Å². The second kappa shape index (κ2) is 6.61. The fraction of sp³-hybridized carbons (Fsp3) is 0.417. The normalized spacial score (nSPS) is 12.2. The van der Waals surface area contributed by atoms with Gasteiger partial charge in [-0.25, -0.2) is 4.39 Å². The number of hydrogen-bond donors (Lipinski definition) is 3. The number of rotatable bonds is 5. The Bertz CT molecular complexity index is 398. The van der Waals surface area contributed by atoms with Crippen LogP contribution in [0, 0.1) is 5.82 Å². The van der Waals surface area contributed by atoms with Gasteiger partial charge in [-0.2, -0.15) is 0 Å². The van der Waals surface area contributed by atoms with Crippen LogP contribution in [0.4, 0.5) is 4.39 Å². The smallest absolute Gasteiger partial charge is 0.254 e. The molecule has 0 fully saturated rings. The molecule has 0 aliphatic carbocycles. The van der Waals surface area contributed by atoms with Crippen LogP contribution < -0.4 is 5.32 Å². The highest BCUT2D eigenvalue weighted by Gasteiger charge is 2.14. The van der Waals surface area contributed by atoms with Crippen LogP contribution in [0.3, 0.4) is 0 Å². The Morgan fingerprint density at radius 2 is 2.29 bits per heavy atom. The van der Waals surface area contributed by atoms with Gasteiger partial charge in [0.15, 0.2) is 0 Å². The molecule has 0 heterocycles. The molecule has 94 valence electrons. The molecule has 0 radical (unpaired) electrons. The lowest BCUT2D eigenvalue weighted by molar-refractivity contribution is 0.0932. The highest BCUT2D eigenvalue weighted by Crippen LogP contribution is 2.13. The van der Waals surface area contributed by atoms with E-state index in [0.29, 0.717) is 17.7 Å². The van der Waals surface area contributed by atoms with Crippen molar-refractivity contribution in [2.75, 3.05) is 6.61 Å². The third-order valence-electron chi connectivity index (χ3n) is 2.37. The molecule has 0 aromatic heterocycles. The van der Waals surface area contributed by atoms with Gasteiger partial charge in [0.25, 0.3) is 5.91 Å². The quantitative estimate of drug-likeness (QED) is 0.707. The summed E-state index contributed by atoms with van der Waals surface area (Å²) in [5.74, 6) is -1.02. The number of benzene rings is 1. The van der Waals surface area contributed by atoms with E-state index in [9.17, 15) is 9.18 Å². The van der Waals surface area contributed by atoms with E-state index in [1.807, 2.05) is 6.92 Å². The lowest BCUT2D eigenvalue weighted by Gasteiger charge is -2.13. The molecule has 1 unspecified atom stereocenters. The second-order valence-electron chi connectivity index (χ2n) is 3.90. The molecule has 0 aliphatic rings. The van der Waals surface area contributed by atoms with Gasteiger partial charge in [0, 0.05) is 17.5 Å². The minimum Gasteiger partial charge on any atom is -0.396 e. The molecule has 1 aromatic rings. The van der Waals surface area contributed by atoms with Crippen molar-refractivity contribution in [1.82, 2.24) is 5.32 Å². The predicted molar refractivity (Wildman–Crippen MR) is 66.9 cm³/mol. The first kappa shape index (κ1) is 14.0. The maximum atomic E-state index is 13.4. The third kappa shape index (κ3) is 4.36. The molecule has 0 saturated carbocycles. The lowest BCUT2D eigenvalue weighted by atomic mass is 10.1. The Hall–Kier alpha value is -1.07. The molecule has 5 heteroatoms. The summed E-state index contributed by atoms with van der Waals surface area (Å²) < 4.78 is 13.4. The van der Waals surface area contributed by atoms with Crippen molar-refractivity contribution in [2.45, 2.75) is 30.7 Å². The summed E-state index contributed by atoms with van der Waals surface area (Å²) in [7, 11) is 0. The van der Waals surface area contributed by atoms with Gasteiger partial charge >= 0.3 is 0 Å². The zero-order valence-electron chi connectivity index (χ0n) is 9.61. The van der Waals surface area contributed by atoms with Crippen LogP contribution in [0.2, 0.25) is 0 Å². The summed E-state index contributed by atoms with van der Waals surface area (Å²) in [6.07, 6.45) is 1.26. The monoisotopic (exact) mass is 257 g/mol. The van der Waals surface area contributed by atoms with E-state index < -0.39 is 11.7 Å². The van der Waals surface area contributed by atoms with Gasteiger partial charge in [-0.3, -0.25) is 4.79 Å². The number of halogens is 1. The van der Waals surface area contributed by atoms with Crippen molar-refractivity contribution in [3.8, 4) is 0 Å². The minimum atomic E-state index is -0.561. The summed E-state index contributed by atoms with van der Waals surface area (Å²) in [6.45, 7) is 1.90. The van der Waals surface area contributed by atoms with Crippen LogP contribution in [-0.2, 0) is 0 Å². The van der Waals surface area contributed by atoms with Crippen LogP contribution in [0.5, 0.6) is 0 Å². The Kier molecular flexibility index (Phi) is 5.44. The van der Waals surface area contributed by atoms with Crippen LogP contribution in [0.15, 0.2) is 23.1 Å². The molecule has 1 atom stereocenters. The van der Waals surface area contributed by atoms with Gasteiger partial charge in [0.05, 0.1) is 5.56 Å². The average molecular weight is 257 g/mol. The number of carbonyl (C=O) groups excluding carboxylic acids is 1. The largest absolute Gasteiger partial charge is 0.396 e. The van der Waals surface area contributed by atoms with E-state index in [1.165, 1.54) is 18.2 Å². The standard InChI is InChI=1S/C12H16FNO2S/c1-8(3-2-6-15)14-12(16)10-7-9(17)4-5-11(10)13/h4-5,7-8,15,17H,2-3,6H2,1H3,(H,14,16). The van der Waals surface area contributed by atoms with Gasteiger partial charge < -0.3 is 10.4 Å². The molecule has 17 heavy (non-hydrogen) atoms. The molecule has 0 saturated heterocycles. The SMILES string of the molecule is CC(CCCO)NC(=O)c1cc(S)ccc1F. The van der Waals surface area contributed by atoms with E-state index in [4.69, 9.17) is 5.11 Å². The maximum Gasteiger partial charge on any atom is 0.254 e. The lowest BCUT2D eigenvalue weighted by Crippen LogP contribution is -2.33. The van der Waals surface area contributed by atoms with Gasteiger partial charge in [0.2, 0.25) is 0 Å². The number of thiol groups is 1. The minimum absolute atomic E-state index is 0.00616. The molecule has 1 amide bonds. The molecule has 1 aromatic carbocycles. The Labute approximate surface area is 105 Å². The summed E-state index contributed by atoms with van der Waals surface area (Å²) in [5.41, 5.74) is -0.00616. The molecule has 0 spiro atoms. The van der Waals surface area contributed by atoms with Crippen molar-refractivity contribution < 1.29 is 14.3 Å². The van der Waals surface area contributed by atoms with E-state index >= 15 is 0 Å². The zero-order valence-corrected chi connectivity index (χ0v) is 10.5. The molecule has 0 bridgehead atoms. The summed E-state index contributed by atoms with van der Waals surface area (Å²) >= 11 is 4.06. The summed E-state index contributed by atoms with van der Waals surface area (Å²) in [4.78, 5) is 12.3. The average Bonchev–Trinajstić information content (AvgIpc) is 2.29. The number of amides is 1. The Morgan fingerprint density at radius 1 is 1.59 bits per heavy atom. The molecule has 1 rings (SSSR count). The van der Waals surface area contributed by atoms with E-state index in [2.05, 4.69) is 17.9 Å². The zero-order chi connectivity index (χ0) is 12.8. The Balaban J connectivity index is 2.66. The first-order valence-electron chi connectivity index (χ1n) is 5.45. The van der Waals surface area contributed by atoms with E-state index in [1.54, 1.807) is 0 Å². The molecule has 3 nitrogen and oxygen atoms in total. The second-order valence-corrected chi connectivity index (χ2v) is 4.42. The van der Waals surface area contributed by atoms with Gasteiger partial charge in [-0.1, -0.05) is 0 Å². The number of nitrogens with one attached hydrogen (secondary N) is 1. The molecule has 0 aliphatic heterocycles. The van der Waals surface area contributed by atoms with Gasteiger partial charge in [0.1, 0.15) is 5.82 Å². The molecular weight excluding hydrogens is 241 g/mol. The highest BCUT2D eigenvalue weighted by atomic mass is 32.1. The highest BCUT2D eigenvalue weighted by molar-refractivity contribution is 7.80. The van der Waals surface area contributed by atoms with Crippen molar-refractivity contribution in [2.24, 2.45) is 0 Å². The topological polar surface area (TPSA) is 49.3 Å². The summed E-state index contributed by atoms with van der Waals surface area (Å²) in [6, 6.07) is 4.00. The van der Waals surface area contributed by atoms with Crippen LogP contribution in [0.25, 0.3) is 0 Å². The van der Waals surface area contributed by atoms with Gasteiger partial charge in [-0.05, 0) is 38.0 Å². The number of hydrogen-bond acceptors (Lipinski definition) is 3. The Morgan fingerprint density at radius 3 is 2.94 bits per heavy atom. The van der Waals surface area contributed by atoms with Crippen LogP contribution >= 0.6 is 12.6 Å². The number of aliphatic hydroxyl groups is 1. The molecular formula is C12H16FNO2S. The van der Waals surface area contributed by atoms with Crippen molar-refractivity contribution >= 4 is 18.5 Å². The summed E-state index contributed by atoms with van der Waals surface area (Å²) in [5, 5.41) is 11.3. The van der Waals surface area contributed by atoms with E-state index in [-0.39, 0.29) is 18.2 Å². The van der Waals surface area contributed by atoms with Crippen molar-refractivity contribution in [3.63, 3.8) is 0 Å². The maximum absolute atomic E-state index is 13.4. The number of aliphatic hydroxyl groups excluding tert-OH is 1. The predicted octanol–water partition coefficient (Wildman–Crippen LogP) is 2.01. The fourth-order valence-corrected chi connectivity index (χ4v) is 1.66. The first-order chi connectivity index (χ1) is 8.04. The first-order valence-corrected chi connectivity index (χ1v) is 5.89. The van der Waals surface area contributed by atoms with Crippen LogP contribution in [-0.4, -0.2) is 23.7 Å². The fourth-order valence-electron chi connectivity index (χ4n) is 1.46. The van der Waals surface area contributed by atoms with Gasteiger partial charge in [-0.15, -0.1) is 12.6 Å². The molecule has 2 N–H and O–H groups in total. The van der Waals surface area contributed by atoms with E-state index in [0.717, 1.165) is 0 Å². The number of carbonyl (C=O) groups is 1. The third-order valence-corrected chi connectivity index (χ3v) is 2.65.